The average Bonchev–Trinajstić information content (AvgIpc) is 2.48. The van der Waals surface area contributed by atoms with Crippen molar-refractivity contribution in [3.63, 3.8) is 0 Å². The first-order valence-corrected chi connectivity index (χ1v) is 6.85. The van der Waals surface area contributed by atoms with E-state index in [9.17, 15) is 4.79 Å². The fourth-order valence-electron chi connectivity index (χ4n) is 1.74. The van der Waals surface area contributed by atoms with Crippen molar-refractivity contribution in [2.45, 2.75) is 6.92 Å². The molecule has 0 bridgehead atoms. The number of carbonyl (C=O) groups is 1. The summed E-state index contributed by atoms with van der Waals surface area (Å²) in [6.45, 7) is 1.92. The van der Waals surface area contributed by atoms with Gasteiger partial charge in [0.1, 0.15) is 0 Å². The summed E-state index contributed by atoms with van der Waals surface area (Å²) in [6.07, 6.45) is 3.59. The molecule has 0 radical (unpaired) electrons. The molecular weight excluding hydrogens is 284 g/mol. The molecule has 0 aliphatic carbocycles. The Bertz CT molecular complexity index is 678. The number of carbonyl (C=O) groups excluding carboxylic acids is 1. The van der Waals surface area contributed by atoms with E-state index >= 15 is 0 Å². The highest BCUT2D eigenvalue weighted by molar-refractivity contribution is 6.30. The summed E-state index contributed by atoms with van der Waals surface area (Å²) in [5, 5.41) is 4.46. The fraction of sp³-hybridized carbons (Fsp3) is 0.0588. The predicted octanol–water partition coefficient (Wildman–Crippen LogP) is 4.16. The molecule has 0 aliphatic rings. The van der Waals surface area contributed by atoms with Gasteiger partial charge in [-0.25, -0.2) is 5.43 Å². The Labute approximate surface area is 129 Å². The molecule has 106 valence electrons. The number of rotatable bonds is 4. The maximum Gasteiger partial charge on any atom is 0.271 e. The molecule has 2 rings (SSSR count). The van der Waals surface area contributed by atoms with Gasteiger partial charge in [-0.15, -0.1) is 0 Å². The second-order valence-electron chi connectivity index (χ2n) is 4.51. The van der Waals surface area contributed by atoms with E-state index in [0.717, 1.165) is 11.1 Å². The van der Waals surface area contributed by atoms with Crippen LogP contribution in [0.4, 0.5) is 0 Å². The number of nitrogens with one attached hydrogen (secondary N) is 1. The summed E-state index contributed by atoms with van der Waals surface area (Å²) in [6, 6.07) is 16.6. The fourth-order valence-corrected chi connectivity index (χ4v) is 1.93. The molecule has 2 aromatic rings. The second kappa shape index (κ2) is 7.41. The lowest BCUT2D eigenvalue weighted by Gasteiger charge is -2.00. The molecule has 0 spiro atoms. The molecule has 0 saturated heterocycles. The second-order valence-corrected chi connectivity index (χ2v) is 4.94. The molecule has 0 unspecified atom stereocenters. The van der Waals surface area contributed by atoms with Gasteiger partial charge in [0.05, 0.1) is 6.21 Å². The summed E-state index contributed by atoms with van der Waals surface area (Å²) in [5.41, 5.74) is 4.97. The van der Waals surface area contributed by atoms with E-state index in [0.29, 0.717) is 10.6 Å². The number of nitrogens with zero attached hydrogens (tertiary/aromatic N) is 1. The van der Waals surface area contributed by atoms with Crippen LogP contribution in [0.3, 0.4) is 0 Å². The van der Waals surface area contributed by atoms with Crippen molar-refractivity contribution in [3.8, 4) is 0 Å². The zero-order valence-corrected chi connectivity index (χ0v) is 12.3. The van der Waals surface area contributed by atoms with Gasteiger partial charge in [-0.1, -0.05) is 54.1 Å². The van der Waals surface area contributed by atoms with Crippen molar-refractivity contribution in [1.82, 2.24) is 5.43 Å². The maximum absolute atomic E-state index is 11.8. The first-order valence-electron chi connectivity index (χ1n) is 6.47. The van der Waals surface area contributed by atoms with Gasteiger partial charge in [-0.3, -0.25) is 4.79 Å². The van der Waals surface area contributed by atoms with Gasteiger partial charge >= 0.3 is 0 Å². The van der Waals surface area contributed by atoms with Crippen LogP contribution in [0.2, 0.25) is 5.02 Å². The minimum atomic E-state index is -0.290. The summed E-state index contributed by atoms with van der Waals surface area (Å²) < 4.78 is 0. The third-order valence-corrected chi connectivity index (χ3v) is 2.95. The number of halogens is 1. The molecule has 0 heterocycles. The minimum absolute atomic E-state index is 0.290. The van der Waals surface area contributed by atoms with Gasteiger partial charge in [0.25, 0.3) is 5.91 Å². The van der Waals surface area contributed by atoms with Crippen LogP contribution >= 0.6 is 11.6 Å². The van der Waals surface area contributed by atoms with E-state index in [1.807, 2.05) is 43.3 Å². The lowest BCUT2D eigenvalue weighted by molar-refractivity contribution is 0.0955. The van der Waals surface area contributed by atoms with Crippen LogP contribution in [0.15, 0.2) is 65.3 Å². The lowest BCUT2D eigenvalue weighted by atomic mass is 10.1. The van der Waals surface area contributed by atoms with E-state index in [1.165, 1.54) is 0 Å². The number of hydrazone groups is 1. The first-order chi connectivity index (χ1) is 10.1. The van der Waals surface area contributed by atoms with Crippen molar-refractivity contribution in [3.05, 3.63) is 76.3 Å². The van der Waals surface area contributed by atoms with Crippen molar-refractivity contribution >= 4 is 29.8 Å². The van der Waals surface area contributed by atoms with E-state index in [2.05, 4.69) is 10.5 Å². The molecule has 0 fully saturated rings. The largest absolute Gasteiger partial charge is 0.271 e. The van der Waals surface area contributed by atoms with Crippen LogP contribution in [-0.2, 0) is 0 Å². The Kier molecular flexibility index (Phi) is 5.29. The zero-order valence-electron chi connectivity index (χ0n) is 11.6. The van der Waals surface area contributed by atoms with Crippen molar-refractivity contribution < 1.29 is 4.79 Å². The molecule has 2 aromatic carbocycles. The zero-order chi connectivity index (χ0) is 15.1. The monoisotopic (exact) mass is 298 g/mol. The molecule has 0 saturated carbocycles. The summed E-state index contributed by atoms with van der Waals surface area (Å²) in [4.78, 5) is 11.8. The highest BCUT2D eigenvalue weighted by atomic mass is 35.5. The number of amides is 1. The topological polar surface area (TPSA) is 41.5 Å². The van der Waals surface area contributed by atoms with Gasteiger partial charge in [0.15, 0.2) is 0 Å². The number of hydrogen-bond donors (Lipinski definition) is 1. The normalized spacial score (nSPS) is 11.6. The average molecular weight is 299 g/mol. The van der Waals surface area contributed by atoms with Crippen LogP contribution in [0, 0.1) is 0 Å². The van der Waals surface area contributed by atoms with Crippen molar-refractivity contribution in [2.24, 2.45) is 5.10 Å². The molecule has 0 aliphatic heterocycles. The lowest BCUT2D eigenvalue weighted by Crippen LogP contribution is -2.17. The Hall–Kier alpha value is -2.39. The van der Waals surface area contributed by atoms with Gasteiger partial charge in [-0.05, 0) is 36.3 Å². The van der Waals surface area contributed by atoms with Crippen molar-refractivity contribution in [2.75, 3.05) is 0 Å². The van der Waals surface area contributed by atoms with Crippen molar-refractivity contribution in [1.29, 1.82) is 0 Å². The quantitative estimate of drug-likeness (QED) is 0.668. The van der Waals surface area contributed by atoms with Gasteiger partial charge in [0, 0.05) is 10.6 Å². The Balaban J connectivity index is 1.96. The third kappa shape index (κ3) is 4.89. The van der Waals surface area contributed by atoms with Crippen LogP contribution < -0.4 is 5.43 Å². The molecule has 1 amide bonds. The number of hydrogen-bond acceptors (Lipinski definition) is 2. The molecule has 3 nitrogen and oxygen atoms in total. The third-order valence-electron chi connectivity index (χ3n) is 2.71. The van der Waals surface area contributed by atoms with Gasteiger partial charge < -0.3 is 0 Å². The SMILES string of the molecule is CC(/C=N\NC(=O)c1cccc(Cl)c1)=C/c1ccccc1. The summed E-state index contributed by atoms with van der Waals surface area (Å²) in [5.74, 6) is -0.290. The Morgan fingerprint density at radius 3 is 2.62 bits per heavy atom. The smallest absolute Gasteiger partial charge is 0.267 e. The molecule has 21 heavy (non-hydrogen) atoms. The van der Waals surface area contributed by atoms with Gasteiger partial charge in [-0.2, -0.15) is 5.10 Å². The van der Waals surface area contributed by atoms with E-state index in [1.54, 1.807) is 30.5 Å². The highest BCUT2D eigenvalue weighted by Crippen LogP contribution is 2.10. The molecule has 1 N–H and O–H groups in total. The maximum atomic E-state index is 11.8. The highest BCUT2D eigenvalue weighted by Gasteiger charge is 2.03. The standard InChI is InChI=1S/C17H15ClN2O/c1-13(10-14-6-3-2-4-7-14)12-19-20-17(21)15-8-5-9-16(18)11-15/h2-12H,1H3,(H,20,21)/b13-10-,19-12-. The van der Waals surface area contributed by atoms with E-state index in [-0.39, 0.29) is 5.91 Å². The predicted molar refractivity (Wildman–Crippen MR) is 87.5 cm³/mol. The summed E-state index contributed by atoms with van der Waals surface area (Å²) in [7, 11) is 0. The Morgan fingerprint density at radius 2 is 1.90 bits per heavy atom. The number of allylic oxidation sites excluding steroid dienone is 1. The molecule has 0 atom stereocenters. The molecule has 4 heteroatoms. The molecule has 0 aromatic heterocycles. The van der Waals surface area contributed by atoms with Crippen LogP contribution in [0.25, 0.3) is 6.08 Å². The molecular formula is C17H15ClN2O. The van der Waals surface area contributed by atoms with E-state index < -0.39 is 0 Å². The first kappa shape index (κ1) is 15.0. The van der Waals surface area contributed by atoms with Gasteiger partial charge in [0.2, 0.25) is 0 Å². The van der Waals surface area contributed by atoms with E-state index in [4.69, 9.17) is 11.6 Å². The van der Waals surface area contributed by atoms with Crippen LogP contribution in [0.5, 0.6) is 0 Å². The minimum Gasteiger partial charge on any atom is -0.267 e. The number of benzene rings is 2. The van der Waals surface area contributed by atoms with Crippen LogP contribution in [-0.4, -0.2) is 12.1 Å². The Morgan fingerprint density at radius 1 is 1.14 bits per heavy atom. The van der Waals surface area contributed by atoms with Crippen LogP contribution in [0.1, 0.15) is 22.8 Å². The summed E-state index contributed by atoms with van der Waals surface area (Å²) >= 11 is 5.84.